The van der Waals surface area contributed by atoms with Crippen molar-refractivity contribution in [3.05, 3.63) is 63.7 Å². The average Bonchev–Trinajstić information content (AvgIpc) is 2.63. The number of carboxylic acids is 1. The van der Waals surface area contributed by atoms with Crippen LogP contribution in [-0.4, -0.2) is 34.5 Å². The van der Waals surface area contributed by atoms with Crippen molar-refractivity contribution in [2.45, 2.75) is 24.9 Å². The number of aliphatic carboxylic acids is 1. The minimum absolute atomic E-state index is 0.0143. The molecule has 7 nitrogen and oxygen atoms in total. The number of hydrogen-bond donors (Lipinski definition) is 1. The Balaban J connectivity index is 1.94. The van der Waals surface area contributed by atoms with Gasteiger partial charge in [0.25, 0.3) is 5.69 Å². The molecule has 1 atom stereocenters. The first-order chi connectivity index (χ1) is 12.4. The van der Waals surface area contributed by atoms with E-state index in [1.54, 1.807) is 24.3 Å². The van der Waals surface area contributed by atoms with E-state index in [0.717, 1.165) is 16.7 Å². The quantitative estimate of drug-likeness (QED) is 0.652. The summed E-state index contributed by atoms with van der Waals surface area (Å²) in [6.45, 7) is 0. The largest absolute Gasteiger partial charge is 0.481 e. The molecule has 0 saturated carbocycles. The third kappa shape index (κ3) is 3.09. The second kappa shape index (κ2) is 6.68. The molecule has 3 rings (SSSR count). The zero-order valence-corrected chi connectivity index (χ0v) is 14.1. The zero-order valence-electron chi connectivity index (χ0n) is 14.1. The van der Waals surface area contributed by atoms with Crippen molar-refractivity contribution in [3.63, 3.8) is 0 Å². The van der Waals surface area contributed by atoms with Crippen LogP contribution in [0.25, 0.3) is 11.1 Å². The number of ether oxygens (including phenoxy) is 1. The molecule has 0 bridgehead atoms. The van der Waals surface area contributed by atoms with E-state index in [1.807, 2.05) is 6.07 Å². The predicted molar refractivity (Wildman–Crippen MR) is 93.2 cm³/mol. The summed E-state index contributed by atoms with van der Waals surface area (Å²) < 4.78 is 5.31. The van der Waals surface area contributed by atoms with Crippen molar-refractivity contribution in [3.8, 4) is 11.1 Å². The SMILES string of the molecule is COC1(CC(=O)O)CCc2cc(-c3ccc([N+](=O)[O-])cc3)ccc2C1=O. The summed E-state index contributed by atoms with van der Waals surface area (Å²) >= 11 is 0. The van der Waals surface area contributed by atoms with E-state index in [4.69, 9.17) is 9.84 Å². The molecule has 0 spiro atoms. The molecule has 0 fully saturated rings. The Hall–Kier alpha value is -3.06. The van der Waals surface area contributed by atoms with Crippen molar-refractivity contribution < 1.29 is 24.4 Å². The molecule has 0 saturated heterocycles. The second-order valence-corrected chi connectivity index (χ2v) is 6.27. The van der Waals surface area contributed by atoms with E-state index in [1.165, 1.54) is 19.2 Å². The van der Waals surface area contributed by atoms with Crippen LogP contribution in [0.3, 0.4) is 0 Å². The molecule has 0 amide bonds. The molecule has 0 radical (unpaired) electrons. The average molecular weight is 355 g/mol. The normalized spacial score (nSPS) is 19.0. The zero-order chi connectivity index (χ0) is 18.9. The van der Waals surface area contributed by atoms with Crippen LogP contribution in [0.5, 0.6) is 0 Å². The summed E-state index contributed by atoms with van der Waals surface area (Å²) in [6, 6.07) is 11.5. The number of rotatable bonds is 5. The number of nitro groups is 1. The second-order valence-electron chi connectivity index (χ2n) is 6.27. The number of nitro benzene ring substituents is 1. The Labute approximate surface area is 149 Å². The van der Waals surface area contributed by atoms with Gasteiger partial charge in [-0.15, -0.1) is 0 Å². The summed E-state index contributed by atoms with van der Waals surface area (Å²) in [7, 11) is 1.36. The highest BCUT2D eigenvalue weighted by molar-refractivity contribution is 6.06. The lowest BCUT2D eigenvalue weighted by Crippen LogP contribution is -2.46. The molecule has 1 aliphatic rings. The summed E-state index contributed by atoms with van der Waals surface area (Å²) in [5.74, 6) is -1.40. The van der Waals surface area contributed by atoms with E-state index >= 15 is 0 Å². The maximum atomic E-state index is 12.8. The van der Waals surface area contributed by atoms with Crippen LogP contribution < -0.4 is 0 Å². The lowest BCUT2D eigenvalue weighted by molar-refractivity contribution is -0.384. The number of carbonyl (C=O) groups excluding carboxylic acids is 1. The van der Waals surface area contributed by atoms with Gasteiger partial charge in [-0.05, 0) is 41.7 Å². The standard InChI is InChI=1S/C19H17NO6/c1-26-19(11-17(21)22)9-8-14-10-13(4-7-16(14)18(19)23)12-2-5-15(6-3-12)20(24)25/h2-7,10H,8-9,11H2,1H3,(H,21,22). The molecule has 0 heterocycles. The molecule has 26 heavy (non-hydrogen) atoms. The van der Waals surface area contributed by atoms with Gasteiger partial charge in [-0.2, -0.15) is 0 Å². The molecule has 0 aliphatic heterocycles. The summed E-state index contributed by atoms with van der Waals surface area (Å²) in [5, 5.41) is 19.9. The maximum absolute atomic E-state index is 12.8. The molecule has 134 valence electrons. The van der Waals surface area contributed by atoms with Crippen LogP contribution in [0, 0.1) is 10.1 Å². The first kappa shape index (κ1) is 17.8. The number of nitrogens with zero attached hydrogens (tertiary/aromatic N) is 1. The Morgan fingerprint density at radius 2 is 1.88 bits per heavy atom. The van der Waals surface area contributed by atoms with Gasteiger partial charge in [0.1, 0.15) is 5.60 Å². The monoisotopic (exact) mass is 355 g/mol. The molecular weight excluding hydrogens is 338 g/mol. The van der Waals surface area contributed by atoms with Crippen LogP contribution in [0.2, 0.25) is 0 Å². The minimum Gasteiger partial charge on any atom is -0.481 e. The van der Waals surface area contributed by atoms with E-state index < -0.39 is 16.5 Å². The van der Waals surface area contributed by atoms with Gasteiger partial charge in [0.2, 0.25) is 0 Å². The molecule has 1 aliphatic carbocycles. The van der Waals surface area contributed by atoms with Crippen LogP contribution in [0.15, 0.2) is 42.5 Å². The smallest absolute Gasteiger partial charge is 0.306 e. The Bertz CT molecular complexity index is 889. The first-order valence-electron chi connectivity index (χ1n) is 8.06. The minimum atomic E-state index is -1.33. The van der Waals surface area contributed by atoms with E-state index in [2.05, 4.69) is 0 Å². The van der Waals surface area contributed by atoms with Crippen molar-refractivity contribution in [2.24, 2.45) is 0 Å². The number of benzene rings is 2. The fourth-order valence-electron chi connectivity index (χ4n) is 3.35. The highest BCUT2D eigenvalue weighted by Crippen LogP contribution is 2.36. The van der Waals surface area contributed by atoms with Gasteiger partial charge < -0.3 is 9.84 Å². The number of fused-ring (bicyclic) bond motifs is 1. The van der Waals surface area contributed by atoms with E-state index in [9.17, 15) is 19.7 Å². The van der Waals surface area contributed by atoms with Crippen LogP contribution in [-0.2, 0) is 16.0 Å². The highest BCUT2D eigenvalue weighted by atomic mass is 16.6. The molecule has 1 N–H and O–H groups in total. The fraction of sp³-hybridized carbons (Fsp3) is 0.263. The van der Waals surface area contributed by atoms with Gasteiger partial charge in [-0.1, -0.05) is 18.2 Å². The van der Waals surface area contributed by atoms with Crippen LogP contribution in [0.4, 0.5) is 5.69 Å². The number of hydrogen-bond acceptors (Lipinski definition) is 5. The highest BCUT2D eigenvalue weighted by Gasteiger charge is 2.44. The number of carbonyl (C=O) groups is 2. The van der Waals surface area contributed by atoms with Gasteiger partial charge in [-0.3, -0.25) is 19.7 Å². The topological polar surface area (TPSA) is 107 Å². The van der Waals surface area contributed by atoms with Crippen LogP contribution >= 0.6 is 0 Å². The number of methoxy groups -OCH3 is 1. The predicted octanol–water partition coefficient (Wildman–Crippen LogP) is 3.25. The van der Waals surface area contributed by atoms with Gasteiger partial charge in [0, 0.05) is 24.8 Å². The van der Waals surface area contributed by atoms with Crippen molar-refractivity contribution >= 4 is 17.4 Å². The maximum Gasteiger partial charge on any atom is 0.306 e. The molecule has 1 unspecified atom stereocenters. The number of non-ortho nitro benzene ring substituents is 1. The van der Waals surface area contributed by atoms with Crippen LogP contribution in [0.1, 0.15) is 28.8 Å². The Morgan fingerprint density at radius 1 is 1.23 bits per heavy atom. The van der Waals surface area contributed by atoms with Gasteiger partial charge in [-0.25, -0.2) is 0 Å². The summed E-state index contributed by atoms with van der Waals surface area (Å²) in [5.41, 5.74) is 1.62. The Morgan fingerprint density at radius 3 is 2.46 bits per heavy atom. The third-order valence-electron chi connectivity index (χ3n) is 4.80. The van der Waals surface area contributed by atoms with Gasteiger partial charge in [0.15, 0.2) is 5.78 Å². The number of Topliss-reactive ketones (excluding diaryl/α,β-unsaturated/α-hetero) is 1. The molecular formula is C19H17NO6. The first-order valence-corrected chi connectivity index (χ1v) is 8.06. The molecule has 2 aromatic carbocycles. The fourth-order valence-corrected chi connectivity index (χ4v) is 3.35. The molecule has 2 aromatic rings. The van der Waals surface area contributed by atoms with Gasteiger partial charge >= 0.3 is 5.97 Å². The lowest BCUT2D eigenvalue weighted by Gasteiger charge is -2.34. The Kier molecular flexibility index (Phi) is 4.56. The molecule has 0 aromatic heterocycles. The lowest BCUT2D eigenvalue weighted by atomic mass is 9.76. The summed E-state index contributed by atoms with van der Waals surface area (Å²) in [4.78, 5) is 34.2. The number of carboxylic acid groups (broad SMARTS) is 1. The third-order valence-corrected chi connectivity index (χ3v) is 4.80. The number of ketones is 1. The van der Waals surface area contributed by atoms with Crippen molar-refractivity contribution in [1.29, 1.82) is 0 Å². The molecule has 7 heteroatoms. The van der Waals surface area contributed by atoms with E-state index in [-0.39, 0.29) is 17.9 Å². The van der Waals surface area contributed by atoms with Crippen molar-refractivity contribution in [1.82, 2.24) is 0 Å². The number of aryl methyl sites for hydroxylation is 1. The van der Waals surface area contributed by atoms with E-state index in [0.29, 0.717) is 18.4 Å². The summed E-state index contributed by atoms with van der Waals surface area (Å²) in [6.07, 6.45) is 0.445. The van der Waals surface area contributed by atoms with Crippen molar-refractivity contribution in [2.75, 3.05) is 7.11 Å². The van der Waals surface area contributed by atoms with Gasteiger partial charge in [0.05, 0.1) is 11.3 Å².